The monoisotopic (exact) mass is 480 g/mol. The first-order chi connectivity index (χ1) is 16.6. The number of benzene rings is 1. The maximum absolute atomic E-state index is 13.5. The van der Waals surface area contributed by atoms with Gasteiger partial charge in [0.15, 0.2) is 0 Å². The fourth-order valence-electron chi connectivity index (χ4n) is 5.55. The number of halogens is 1. The molecule has 1 aromatic carbocycles. The van der Waals surface area contributed by atoms with E-state index in [2.05, 4.69) is 27.2 Å². The Hall–Kier alpha value is -2.60. The van der Waals surface area contributed by atoms with Gasteiger partial charge in [-0.3, -0.25) is 4.79 Å². The number of rotatable bonds is 3. The Balaban J connectivity index is 1.20. The van der Waals surface area contributed by atoms with Crippen LogP contribution in [0, 0.1) is 5.92 Å². The van der Waals surface area contributed by atoms with Crippen LogP contribution in [0.2, 0.25) is 5.02 Å². The highest BCUT2D eigenvalue weighted by Crippen LogP contribution is 2.39. The van der Waals surface area contributed by atoms with Gasteiger partial charge < -0.3 is 14.6 Å². The van der Waals surface area contributed by atoms with E-state index in [1.54, 1.807) is 6.20 Å². The smallest absolute Gasteiger partial charge is 0.225 e. The highest BCUT2D eigenvalue weighted by Gasteiger charge is 2.41. The topological polar surface area (TPSA) is 58.0 Å². The number of carbonyl (C=O) groups is 1. The van der Waals surface area contributed by atoms with Gasteiger partial charge in [0, 0.05) is 44.7 Å². The van der Waals surface area contributed by atoms with Crippen LogP contribution in [-0.4, -0.2) is 53.3 Å². The van der Waals surface area contributed by atoms with Gasteiger partial charge >= 0.3 is 0 Å². The van der Waals surface area contributed by atoms with Crippen LogP contribution in [0.5, 0.6) is 0 Å². The molecule has 1 aliphatic carbocycles. The molecule has 2 atom stereocenters. The zero-order chi connectivity index (χ0) is 23.4. The molecule has 0 N–H and O–H groups in total. The second-order valence-electron chi connectivity index (χ2n) is 9.81. The molecule has 2 aliphatic heterocycles. The molecule has 1 spiro atoms. The van der Waals surface area contributed by atoms with Crippen LogP contribution < -0.4 is 4.90 Å². The summed E-state index contributed by atoms with van der Waals surface area (Å²) in [6.45, 7) is 2.95. The van der Waals surface area contributed by atoms with Crippen molar-refractivity contribution < 1.29 is 9.63 Å². The molecule has 7 heteroatoms. The maximum Gasteiger partial charge on any atom is 0.225 e. The minimum absolute atomic E-state index is 0.0596. The van der Waals surface area contributed by atoms with Crippen molar-refractivity contribution in [2.75, 3.05) is 31.1 Å². The molecule has 5 rings (SSSR count). The van der Waals surface area contributed by atoms with Crippen LogP contribution >= 0.6 is 11.6 Å². The van der Waals surface area contributed by atoms with E-state index in [9.17, 15) is 4.79 Å². The zero-order valence-corrected chi connectivity index (χ0v) is 20.4. The Morgan fingerprint density at radius 1 is 0.971 bits per heavy atom. The van der Waals surface area contributed by atoms with Gasteiger partial charge in [0.1, 0.15) is 11.4 Å². The van der Waals surface area contributed by atoms with Crippen LogP contribution in [0.3, 0.4) is 0 Å². The number of amides is 1. The SMILES string of the molecule is O=C(C1CCCCCC2(CC1)CC(c1ccccc1)=NO2)N1CCN(c2ncccc2Cl)CC1. The fourth-order valence-corrected chi connectivity index (χ4v) is 5.79. The number of anilines is 1. The minimum Gasteiger partial charge on any atom is -0.389 e. The summed E-state index contributed by atoms with van der Waals surface area (Å²) in [4.78, 5) is 28.3. The summed E-state index contributed by atoms with van der Waals surface area (Å²) in [6, 6.07) is 14.0. The van der Waals surface area contributed by atoms with E-state index in [4.69, 9.17) is 16.4 Å². The predicted octanol–water partition coefficient (Wildman–Crippen LogP) is 5.31. The van der Waals surface area contributed by atoms with Gasteiger partial charge in [0.05, 0.1) is 10.7 Å². The van der Waals surface area contributed by atoms with Gasteiger partial charge in [0.25, 0.3) is 0 Å². The van der Waals surface area contributed by atoms with Crippen molar-refractivity contribution in [1.29, 1.82) is 0 Å². The number of oxime groups is 1. The first-order valence-corrected chi connectivity index (χ1v) is 13.0. The largest absolute Gasteiger partial charge is 0.389 e. The molecule has 2 fully saturated rings. The van der Waals surface area contributed by atoms with E-state index in [0.29, 0.717) is 24.0 Å². The number of nitrogens with zero attached hydrogens (tertiary/aromatic N) is 4. The molecule has 2 unspecified atom stereocenters. The van der Waals surface area contributed by atoms with Crippen LogP contribution in [0.4, 0.5) is 5.82 Å². The molecule has 180 valence electrons. The van der Waals surface area contributed by atoms with E-state index in [1.165, 1.54) is 0 Å². The normalized spacial score (nSPS) is 25.8. The minimum atomic E-state index is -0.261. The summed E-state index contributed by atoms with van der Waals surface area (Å²) in [6.07, 6.45) is 9.69. The van der Waals surface area contributed by atoms with E-state index < -0.39 is 0 Å². The summed E-state index contributed by atoms with van der Waals surface area (Å²) in [5.74, 6) is 1.17. The van der Waals surface area contributed by atoms with Gasteiger partial charge in [-0.1, -0.05) is 59.9 Å². The lowest BCUT2D eigenvalue weighted by Crippen LogP contribution is -2.50. The molecule has 6 nitrogen and oxygen atoms in total. The molecule has 1 amide bonds. The Labute approximate surface area is 206 Å². The van der Waals surface area contributed by atoms with Gasteiger partial charge in [-0.25, -0.2) is 4.98 Å². The third-order valence-electron chi connectivity index (χ3n) is 7.56. The second kappa shape index (κ2) is 10.3. The lowest BCUT2D eigenvalue weighted by molar-refractivity contribution is -0.136. The lowest BCUT2D eigenvalue weighted by Gasteiger charge is -2.37. The summed E-state index contributed by atoms with van der Waals surface area (Å²) in [5, 5.41) is 5.15. The van der Waals surface area contributed by atoms with Crippen molar-refractivity contribution in [2.45, 2.75) is 57.0 Å². The van der Waals surface area contributed by atoms with E-state index in [1.807, 2.05) is 35.2 Å². The highest BCUT2D eigenvalue weighted by atomic mass is 35.5. The predicted molar refractivity (Wildman–Crippen MR) is 135 cm³/mol. The number of hydrogen-bond acceptors (Lipinski definition) is 5. The lowest BCUT2D eigenvalue weighted by atomic mass is 9.84. The molecule has 3 heterocycles. The zero-order valence-electron chi connectivity index (χ0n) is 19.7. The first-order valence-electron chi connectivity index (χ1n) is 12.6. The average molecular weight is 481 g/mol. The van der Waals surface area contributed by atoms with Crippen LogP contribution in [0.15, 0.2) is 53.8 Å². The van der Waals surface area contributed by atoms with Gasteiger partial charge in [-0.15, -0.1) is 0 Å². The molecule has 0 bridgehead atoms. The fraction of sp³-hybridized carbons (Fsp3) is 0.519. The maximum atomic E-state index is 13.5. The molecule has 1 saturated heterocycles. The van der Waals surface area contributed by atoms with Gasteiger partial charge in [0.2, 0.25) is 5.91 Å². The average Bonchev–Trinajstić information content (AvgIpc) is 3.34. The molecule has 1 saturated carbocycles. The third-order valence-corrected chi connectivity index (χ3v) is 7.85. The molecule has 1 aromatic heterocycles. The summed E-state index contributed by atoms with van der Waals surface area (Å²) in [5.41, 5.74) is 1.91. The van der Waals surface area contributed by atoms with Gasteiger partial charge in [-0.2, -0.15) is 0 Å². The molecule has 2 aromatic rings. The molecule has 0 radical (unpaired) electrons. The number of piperazine rings is 1. The quantitative estimate of drug-likeness (QED) is 0.597. The molecule has 3 aliphatic rings. The van der Waals surface area contributed by atoms with Crippen LogP contribution in [-0.2, 0) is 9.63 Å². The van der Waals surface area contributed by atoms with E-state index >= 15 is 0 Å². The Kier molecular flexibility index (Phi) is 7.05. The molecular weight excluding hydrogens is 448 g/mol. The standard InChI is InChI=1S/C27H33ClN4O2/c28-23-11-7-15-29-25(23)31-16-18-32(19-17-31)26(33)22-10-5-2-6-13-27(14-12-22)20-24(30-34-27)21-8-3-1-4-9-21/h1,3-4,7-9,11,15,22H,2,5-6,10,12-14,16-20H2. The Morgan fingerprint density at radius 3 is 2.59 bits per heavy atom. The molecular formula is C27H33ClN4O2. The first kappa shape index (κ1) is 23.2. The van der Waals surface area contributed by atoms with E-state index in [-0.39, 0.29) is 11.5 Å². The van der Waals surface area contributed by atoms with Crippen molar-refractivity contribution in [3.8, 4) is 0 Å². The summed E-state index contributed by atoms with van der Waals surface area (Å²) in [7, 11) is 0. The molecule has 34 heavy (non-hydrogen) atoms. The second-order valence-corrected chi connectivity index (χ2v) is 10.2. The van der Waals surface area contributed by atoms with Crippen molar-refractivity contribution in [1.82, 2.24) is 9.88 Å². The van der Waals surface area contributed by atoms with Crippen LogP contribution in [0.25, 0.3) is 0 Å². The van der Waals surface area contributed by atoms with Crippen molar-refractivity contribution in [3.05, 3.63) is 59.2 Å². The Bertz CT molecular complexity index is 1020. The van der Waals surface area contributed by atoms with Gasteiger partial charge in [-0.05, 0) is 49.8 Å². The summed E-state index contributed by atoms with van der Waals surface area (Å²) >= 11 is 6.33. The van der Waals surface area contributed by atoms with Crippen LogP contribution in [0.1, 0.15) is 56.9 Å². The summed E-state index contributed by atoms with van der Waals surface area (Å²) < 4.78 is 0. The van der Waals surface area contributed by atoms with Crippen molar-refractivity contribution >= 4 is 29.0 Å². The van der Waals surface area contributed by atoms with Crippen molar-refractivity contribution in [3.63, 3.8) is 0 Å². The third kappa shape index (κ3) is 5.07. The van der Waals surface area contributed by atoms with Crippen molar-refractivity contribution in [2.24, 2.45) is 11.1 Å². The number of pyridine rings is 1. The Morgan fingerprint density at radius 2 is 1.79 bits per heavy atom. The highest BCUT2D eigenvalue weighted by molar-refractivity contribution is 6.32. The number of carbonyl (C=O) groups excluding carboxylic acids is 1. The van der Waals surface area contributed by atoms with E-state index in [0.717, 1.165) is 81.5 Å². The number of hydrogen-bond donors (Lipinski definition) is 0. The number of aromatic nitrogens is 1.